The fourth-order valence-corrected chi connectivity index (χ4v) is 3.39. The Labute approximate surface area is 183 Å². The van der Waals surface area contributed by atoms with Crippen molar-refractivity contribution in [3.8, 4) is 0 Å². The Morgan fingerprint density at radius 1 is 0.667 bits per heavy atom. The van der Waals surface area contributed by atoms with Crippen LogP contribution in [0.1, 0.15) is 111 Å². The third-order valence-electron chi connectivity index (χ3n) is 5.39. The summed E-state index contributed by atoms with van der Waals surface area (Å²) in [6.45, 7) is 6.25. The van der Waals surface area contributed by atoms with E-state index < -0.39 is 17.8 Å². The molecular weight excluding hydrogens is 384 g/mol. The van der Waals surface area contributed by atoms with Gasteiger partial charge in [-0.25, -0.2) is 0 Å². The van der Waals surface area contributed by atoms with Crippen LogP contribution in [0.4, 0.5) is 0 Å². The van der Waals surface area contributed by atoms with E-state index in [1.54, 1.807) is 0 Å². The second kappa shape index (κ2) is 19.4. The van der Waals surface area contributed by atoms with E-state index in [1.165, 1.54) is 0 Å². The number of aliphatic carboxylic acids is 1. The molecule has 176 valence electrons. The number of carboxylic acid groups (broad SMARTS) is 1. The first-order valence-electron chi connectivity index (χ1n) is 12.0. The van der Waals surface area contributed by atoms with E-state index in [4.69, 9.17) is 9.47 Å². The van der Waals surface area contributed by atoms with Crippen molar-refractivity contribution in [1.29, 1.82) is 0 Å². The molecule has 0 saturated heterocycles. The Bertz CT molecular complexity index is 435. The number of esters is 2. The van der Waals surface area contributed by atoms with Gasteiger partial charge in [0.05, 0.1) is 19.1 Å². The molecule has 0 heterocycles. The predicted octanol–water partition coefficient (Wildman–Crippen LogP) is 5.91. The molecule has 0 aromatic carbocycles. The smallest absolute Gasteiger partial charge is 0.307 e. The van der Waals surface area contributed by atoms with Crippen LogP contribution < -0.4 is 0 Å². The van der Waals surface area contributed by atoms with Crippen molar-refractivity contribution in [3.63, 3.8) is 0 Å². The lowest BCUT2D eigenvalue weighted by atomic mass is 9.88. The Hall–Kier alpha value is -1.59. The first-order valence-corrected chi connectivity index (χ1v) is 12.0. The second-order valence-electron chi connectivity index (χ2n) is 8.19. The molecule has 0 rings (SSSR count). The van der Waals surface area contributed by atoms with Gasteiger partial charge in [0.1, 0.15) is 0 Å². The largest absolute Gasteiger partial charge is 0.481 e. The molecule has 1 unspecified atom stereocenters. The summed E-state index contributed by atoms with van der Waals surface area (Å²) >= 11 is 0. The SMILES string of the molecule is CCCCCCC(=O)OCC(COC(=O)CCCCCC)C(CCCCC)C(=O)O. The Kier molecular flexibility index (Phi) is 18.4. The summed E-state index contributed by atoms with van der Waals surface area (Å²) < 4.78 is 10.7. The average Bonchev–Trinajstić information content (AvgIpc) is 2.72. The molecule has 1 atom stereocenters. The third kappa shape index (κ3) is 15.3. The van der Waals surface area contributed by atoms with Gasteiger partial charge in [0.15, 0.2) is 0 Å². The molecule has 0 aliphatic heterocycles. The minimum atomic E-state index is -0.922. The maximum absolute atomic E-state index is 12.0. The van der Waals surface area contributed by atoms with E-state index in [0.717, 1.165) is 70.6 Å². The number of ether oxygens (including phenoxy) is 2. The Morgan fingerprint density at radius 3 is 1.50 bits per heavy atom. The van der Waals surface area contributed by atoms with Crippen LogP contribution in [0.5, 0.6) is 0 Å². The normalized spacial score (nSPS) is 12.0. The molecule has 0 saturated carbocycles. The molecule has 0 radical (unpaired) electrons. The summed E-state index contributed by atoms with van der Waals surface area (Å²) in [7, 11) is 0. The second-order valence-corrected chi connectivity index (χ2v) is 8.19. The molecule has 1 N–H and O–H groups in total. The summed E-state index contributed by atoms with van der Waals surface area (Å²) in [5.41, 5.74) is 0. The first kappa shape index (κ1) is 28.4. The van der Waals surface area contributed by atoms with Crippen LogP contribution >= 0.6 is 0 Å². The van der Waals surface area contributed by atoms with Gasteiger partial charge in [-0.1, -0.05) is 78.6 Å². The van der Waals surface area contributed by atoms with E-state index in [2.05, 4.69) is 20.8 Å². The predicted molar refractivity (Wildman–Crippen MR) is 118 cm³/mol. The topological polar surface area (TPSA) is 89.9 Å². The van der Waals surface area contributed by atoms with Crippen molar-refractivity contribution >= 4 is 17.9 Å². The molecule has 6 nitrogen and oxygen atoms in total. The zero-order valence-corrected chi connectivity index (χ0v) is 19.5. The maximum atomic E-state index is 12.0. The van der Waals surface area contributed by atoms with Gasteiger partial charge in [-0.3, -0.25) is 14.4 Å². The van der Waals surface area contributed by atoms with Crippen molar-refractivity contribution in [2.75, 3.05) is 13.2 Å². The zero-order chi connectivity index (χ0) is 22.6. The van der Waals surface area contributed by atoms with E-state index >= 15 is 0 Å². The van der Waals surface area contributed by atoms with Gasteiger partial charge >= 0.3 is 17.9 Å². The van der Waals surface area contributed by atoms with E-state index in [9.17, 15) is 19.5 Å². The number of carbonyl (C=O) groups excluding carboxylic acids is 2. The molecule has 0 aromatic rings. The highest BCUT2D eigenvalue weighted by atomic mass is 16.5. The van der Waals surface area contributed by atoms with Gasteiger partial charge in [-0.05, 0) is 19.3 Å². The van der Waals surface area contributed by atoms with Crippen molar-refractivity contribution in [3.05, 3.63) is 0 Å². The fourth-order valence-electron chi connectivity index (χ4n) is 3.39. The van der Waals surface area contributed by atoms with Crippen LogP contribution in [-0.4, -0.2) is 36.2 Å². The van der Waals surface area contributed by atoms with Crippen molar-refractivity contribution < 1.29 is 29.0 Å². The minimum absolute atomic E-state index is 0.0151. The number of hydrogen-bond donors (Lipinski definition) is 1. The molecule has 0 fully saturated rings. The quantitative estimate of drug-likeness (QED) is 0.191. The van der Waals surface area contributed by atoms with Gasteiger partial charge in [-0.2, -0.15) is 0 Å². The van der Waals surface area contributed by atoms with Crippen molar-refractivity contribution in [2.45, 2.75) is 111 Å². The van der Waals surface area contributed by atoms with Crippen LogP contribution in [0.2, 0.25) is 0 Å². The highest BCUT2D eigenvalue weighted by Gasteiger charge is 2.30. The van der Waals surface area contributed by atoms with Crippen LogP contribution in [-0.2, 0) is 23.9 Å². The van der Waals surface area contributed by atoms with Crippen molar-refractivity contribution in [2.24, 2.45) is 11.8 Å². The molecule has 0 bridgehead atoms. The lowest BCUT2D eigenvalue weighted by Crippen LogP contribution is -2.32. The van der Waals surface area contributed by atoms with Gasteiger partial charge in [0.25, 0.3) is 0 Å². The van der Waals surface area contributed by atoms with Gasteiger partial charge < -0.3 is 14.6 Å². The number of carboxylic acids is 1. The van der Waals surface area contributed by atoms with Crippen LogP contribution in [0.15, 0.2) is 0 Å². The maximum Gasteiger partial charge on any atom is 0.307 e. The molecule has 0 aliphatic rings. The number of rotatable bonds is 20. The lowest BCUT2D eigenvalue weighted by Gasteiger charge is -2.23. The molecule has 6 heteroatoms. The van der Waals surface area contributed by atoms with E-state index in [-0.39, 0.29) is 25.2 Å². The fraction of sp³-hybridized carbons (Fsp3) is 0.875. The average molecular weight is 429 g/mol. The summed E-state index contributed by atoms with van der Waals surface area (Å²) in [5, 5.41) is 9.69. The molecule has 0 aliphatic carbocycles. The lowest BCUT2D eigenvalue weighted by molar-refractivity contribution is -0.157. The monoisotopic (exact) mass is 428 g/mol. The molecular formula is C24H44O6. The minimum Gasteiger partial charge on any atom is -0.481 e. The number of carbonyl (C=O) groups is 3. The van der Waals surface area contributed by atoms with Gasteiger partial charge in [0, 0.05) is 18.8 Å². The van der Waals surface area contributed by atoms with E-state index in [0.29, 0.717) is 19.3 Å². The highest BCUT2D eigenvalue weighted by Crippen LogP contribution is 2.22. The summed E-state index contributed by atoms with van der Waals surface area (Å²) in [4.78, 5) is 35.9. The zero-order valence-electron chi connectivity index (χ0n) is 19.5. The van der Waals surface area contributed by atoms with Crippen LogP contribution in [0.3, 0.4) is 0 Å². The number of hydrogen-bond acceptors (Lipinski definition) is 5. The standard InChI is InChI=1S/C24H44O6/c1-4-7-10-13-16-22(25)29-18-20(21(24(27)28)15-12-9-6-3)19-30-23(26)17-14-11-8-5-2/h20-21H,4-19H2,1-3H3,(H,27,28). The summed E-state index contributed by atoms with van der Waals surface area (Å²) in [6, 6.07) is 0. The molecule has 30 heavy (non-hydrogen) atoms. The van der Waals surface area contributed by atoms with E-state index in [1.807, 2.05) is 0 Å². The van der Waals surface area contributed by atoms with Gasteiger partial charge in [-0.15, -0.1) is 0 Å². The van der Waals surface area contributed by atoms with Gasteiger partial charge in [0.2, 0.25) is 0 Å². The number of unbranched alkanes of at least 4 members (excludes halogenated alkanes) is 8. The Balaban J connectivity index is 4.70. The van der Waals surface area contributed by atoms with Crippen LogP contribution in [0, 0.1) is 11.8 Å². The molecule has 0 aromatic heterocycles. The third-order valence-corrected chi connectivity index (χ3v) is 5.39. The van der Waals surface area contributed by atoms with Crippen molar-refractivity contribution in [1.82, 2.24) is 0 Å². The molecule has 0 amide bonds. The Morgan fingerprint density at radius 2 is 1.10 bits per heavy atom. The summed E-state index contributed by atoms with van der Waals surface area (Å²) in [5.74, 6) is -2.73. The first-order chi connectivity index (χ1) is 14.5. The van der Waals surface area contributed by atoms with Crippen LogP contribution in [0.25, 0.3) is 0 Å². The highest BCUT2D eigenvalue weighted by molar-refractivity contribution is 5.72. The summed E-state index contributed by atoms with van der Waals surface area (Å²) in [6.07, 6.45) is 11.8. The molecule has 0 spiro atoms.